The minimum absolute atomic E-state index is 0.0175. The summed E-state index contributed by atoms with van der Waals surface area (Å²) in [7, 11) is -7.13. The second kappa shape index (κ2) is 12.8. The first-order chi connectivity index (χ1) is 20.3. The molecule has 0 aromatic carbocycles. The third-order valence-corrected chi connectivity index (χ3v) is 16.2. The van der Waals surface area contributed by atoms with Crippen LogP contribution in [0.2, 0.25) is 78.6 Å². The van der Waals surface area contributed by atoms with Gasteiger partial charge in [0.1, 0.15) is 0 Å². The summed E-state index contributed by atoms with van der Waals surface area (Å²) >= 11 is 0. The van der Waals surface area contributed by atoms with Crippen LogP contribution in [0.25, 0.3) is 0 Å². The van der Waals surface area contributed by atoms with Crippen molar-refractivity contribution in [2.75, 3.05) is 0 Å². The van der Waals surface area contributed by atoms with E-state index in [1.165, 1.54) is 44.9 Å². The molecule has 3 unspecified atom stereocenters. The summed E-state index contributed by atoms with van der Waals surface area (Å²) in [5.74, 6) is 2.86. The lowest BCUT2D eigenvalue weighted by Gasteiger charge is -2.65. The highest BCUT2D eigenvalue weighted by atomic mass is 28.4. The molecule has 0 saturated heterocycles. The maximum absolute atomic E-state index is 12.9. The van der Waals surface area contributed by atoms with E-state index in [4.69, 9.17) is 17.7 Å². The molecule has 10 atom stereocenters. The molecular formula is C36H72O5Si4. The molecule has 0 aromatic heterocycles. The maximum Gasteiger partial charge on any atom is 0.292 e. The molecule has 4 saturated carbocycles. The van der Waals surface area contributed by atoms with E-state index >= 15 is 0 Å². The van der Waals surface area contributed by atoms with Crippen LogP contribution in [-0.2, 0) is 22.5 Å². The predicted molar refractivity (Wildman–Crippen MR) is 199 cm³/mol. The van der Waals surface area contributed by atoms with Crippen molar-refractivity contribution >= 4 is 39.2 Å². The highest BCUT2D eigenvalue weighted by Gasteiger charge is 2.69. The first-order valence-corrected chi connectivity index (χ1v) is 32.2. The molecule has 0 bridgehead atoms. The van der Waals surface area contributed by atoms with Crippen molar-refractivity contribution in [1.82, 2.24) is 0 Å². The van der Waals surface area contributed by atoms with Crippen molar-refractivity contribution in [3.63, 3.8) is 0 Å². The van der Waals surface area contributed by atoms with Gasteiger partial charge < -0.3 is 17.7 Å². The molecule has 0 radical (unpaired) electrons. The largest absolute Gasteiger partial charge is 0.520 e. The highest BCUT2D eigenvalue weighted by molar-refractivity contribution is 6.71. The van der Waals surface area contributed by atoms with Crippen LogP contribution in [0.5, 0.6) is 0 Å². The van der Waals surface area contributed by atoms with Crippen molar-refractivity contribution in [1.29, 1.82) is 0 Å². The smallest absolute Gasteiger partial charge is 0.292 e. The average molecular weight is 697 g/mol. The van der Waals surface area contributed by atoms with Gasteiger partial charge in [-0.1, -0.05) is 20.8 Å². The Kier molecular flexibility index (Phi) is 10.8. The Balaban J connectivity index is 1.68. The zero-order valence-corrected chi connectivity index (χ0v) is 36.2. The van der Waals surface area contributed by atoms with Crippen molar-refractivity contribution in [3.8, 4) is 0 Å². The Morgan fingerprint density at radius 1 is 0.733 bits per heavy atom. The number of hydrogen-bond donors (Lipinski definition) is 0. The Bertz CT molecular complexity index is 1060. The molecule has 4 aliphatic rings. The van der Waals surface area contributed by atoms with Crippen LogP contribution in [0.3, 0.4) is 0 Å². The van der Waals surface area contributed by atoms with Crippen LogP contribution >= 0.6 is 0 Å². The number of carbonyl (C=O) groups is 1. The van der Waals surface area contributed by atoms with Crippen molar-refractivity contribution in [2.24, 2.45) is 40.4 Å². The summed E-state index contributed by atoms with van der Waals surface area (Å²) in [5, 5.41) is 0. The van der Waals surface area contributed by atoms with E-state index in [9.17, 15) is 4.79 Å². The molecule has 45 heavy (non-hydrogen) atoms. The second-order valence-corrected chi connectivity index (χ2v) is 38.0. The molecule has 4 rings (SSSR count). The summed E-state index contributed by atoms with van der Waals surface area (Å²) < 4.78 is 27.5. The normalized spacial score (nSPS) is 39.9. The van der Waals surface area contributed by atoms with Gasteiger partial charge in [-0.15, -0.1) is 0 Å². The molecular weight excluding hydrogens is 625 g/mol. The number of hydrogen-bond acceptors (Lipinski definition) is 5. The first-order valence-electron chi connectivity index (χ1n) is 18.6. The van der Waals surface area contributed by atoms with Crippen molar-refractivity contribution < 1.29 is 22.5 Å². The van der Waals surface area contributed by atoms with Crippen LogP contribution in [0.4, 0.5) is 0 Å². The van der Waals surface area contributed by atoms with Crippen molar-refractivity contribution in [2.45, 2.75) is 181 Å². The molecule has 0 aromatic rings. The Morgan fingerprint density at radius 2 is 1.33 bits per heavy atom. The van der Waals surface area contributed by atoms with Crippen LogP contribution in [-0.4, -0.2) is 57.0 Å². The maximum atomic E-state index is 12.9. The SMILES string of the molecule is C[C@H](CCC(=O)O[Si](C)(C)C)[C@@]1(O[Si](C)(C)C)CCC2C3C(CC[C@@]21C)[C@@]1(C)CC[C@@H](O[Si](C)(C)C)C[C@H]1C[C@@H]3O[Si](C)(C)C. The summed E-state index contributed by atoms with van der Waals surface area (Å²) in [6.45, 7) is 35.3. The van der Waals surface area contributed by atoms with Gasteiger partial charge in [-0.25, -0.2) is 0 Å². The minimum Gasteiger partial charge on any atom is -0.520 e. The van der Waals surface area contributed by atoms with E-state index in [0.717, 1.165) is 12.8 Å². The fourth-order valence-electron chi connectivity index (χ4n) is 11.0. The molecule has 0 aliphatic heterocycles. The molecule has 4 aliphatic carbocycles. The van der Waals surface area contributed by atoms with E-state index in [0.29, 0.717) is 53.6 Å². The van der Waals surface area contributed by atoms with E-state index in [1.807, 2.05) is 0 Å². The van der Waals surface area contributed by atoms with Gasteiger partial charge in [0, 0.05) is 18.6 Å². The van der Waals surface area contributed by atoms with Gasteiger partial charge in [-0.2, -0.15) is 0 Å². The molecule has 9 heteroatoms. The van der Waals surface area contributed by atoms with E-state index < -0.39 is 33.3 Å². The minimum atomic E-state index is -1.90. The lowest BCUT2D eigenvalue weighted by molar-refractivity contribution is -0.193. The van der Waals surface area contributed by atoms with Crippen LogP contribution in [0.15, 0.2) is 0 Å². The van der Waals surface area contributed by atoms with Gasteiger partial charge in [-0.3, -0.25) is 4.79 Å². The summed E-state index contributed by atoms with van der Waals surface area (Å²) in [6, 6.07) is 0. The lowest BCUT2D eigenvalue weighted by Crippen LogP contribution is -2.64. The lowest BCUT2D eigenvalue weighted by atomic mass is 9.43. The molecule has 0 heterocycles. The third kappa shape index (κ3) is 8.34. The summed E-state index contributed by atoms with van der Waals surface area (Å²) in [6.07, 6.45) is 11.8. The molecule has 262 valence electrons. The standard InChI is InChI=1S/C36H72O5Si4/c1-26(16-17-32(37)40-44(10,11)12)36(41-45(13,14)15)23-20-30-33-29(19-22-35(30,36)3)34(2)21-18-28(38-42(4,5)6)24-27(34)25-31(33)39-43(7,8)9/h26-31,33H,16-25H2,1-15H3/t26-,27+,28-,29?,30?,31+,33?,34+,35+,36+/m1/s1. The van der Waals surface area contributed by atoms with Gasteiger partial charge in [0.2, 0.25) is 8.32 Å². The number of fused-ring (bicyclic) bond motifs is 5. The molecule has 4 fully saturated rings. The third-order valence-electron chi connectivity index (χ3n) is 12.3. The van der Waals surface area contributed by atoms with E-state index in [-0.39, 0.29) is 17.0 Å². The predicted octanol–water partition coefficient (Wildman–Crippen LogP) is 10.5. The molecule has 0 spiro atoms. The van der Waals surface area contributed by atoms with Crippen LogP contribution < -0.4 is 0 Å². The second-order valence-electron chi connectivity index (χ2n) is 20.2. The topological polar surface area (TPSA) is 54.0 Å². The Morgan fingerprint density at radius 3 is 1.89 bits per heavy atom. The zero-order chi connectivity index (χ0) is 34.0. The summed E-state index contributed by atoms with van der Waals surface area (Å²) in [5.41, 5.74) is 0.248. The average Bonchev–Trinajstić information content (AvgIpc) is 3.12. The van der Waals surface area contributed by atoms with Gasteiger partial charge in [0.05, 0.1) is 5.60 Å². The quantitative estimate of drug-likeness (QED) is 0.201. The fraction of sp³-hybridized carbons (Fsp3) is 0.972. The summed E-state index contributed by atoms with van der Waals surface area (Å²) in [4.78, 5) is 12.9. The van der Waals surface area contributed by atoms with Crippen molar-refractivity contribution in [3.05, 3.63) is 0 Å². The number of rotatable bonds is 11. The first kappa shape index (κ1) is 38.0. The van der Waals surface area contributed by atoms with Gasteiger partial charge in [0.15, 0.2) is 25.0 Å². The zero-order valence-electron chi connectivity index (χ0n) is 32.2. The van der Waals surface area contributed by atoms with E-state index in [2.05, 4.69) is 99.3 Å². The molecule has 0 amide bonds. The van der Waals surface area contributed by atoms with Gasteiger partial charge in [-0.05, 0) is 177 Å². The highest BCUT2D eigenvalue weighted by Crippen LogP contribution is 2.71. The van der Waals surface area contributed by atoms with Crippen LogP contribution in [0.1, 0.15) is 85.0 Å². The monoisotopic (exact) mass is 696 g/mol. The van der Waals surface area contributed by atoms with Gasteiger partial charge in [0.25, 0.3) is 5.97 Å². The molecule has 0 N–H and O–H groups in total. The fourth-order valence-corrected chi connectivity index (χ4v) is 15.8. The van der Waals surface area contributed by atoms with Gasteiger partial charge >= 0.3 is 0 Å². The molecule has 5 nitrogen and oxygen atoms in total. The Hall–Kier alpha value is 0.218. The van der Waals surface area contributed by atoms with Crippen LogP contribution in [0, 0.1) is 40.4 Å². The van der Waals surface area contributed by atoms with E-state index in [1.54, 1.807) is 0 Å². The number of carbonyl (C=O) groups excluding carboxylic acids is 1. The Labute approximate surface area is 282 Å².